The van der Waals surface area contributed by atoms with Gasteiger partial charge in [-0.2, -0.15) is 0 Å². The number of nitrogens with zero attached hydrogens (tertiary/aromatic N) is 4. The lowest BCUT2D eigenvalue weighted by Gasteiger charge is -2.11. The second-order valence-corrected chi connectivity index (χ2v) is 6.68. The van der Waals surface area contributed by atoms with Crippen molar-refractivity contribution < 1.29 is 9.47 Å². The van der Waals surface area contributed by atoms with Crippen LogP contribution in [0.25, 0.3) is 11.0 Å². The number of anilines is 2. The fraction of sp³-hybridized carbons (Fsp3) is 0.158. The number of pyridine rings is 1. The number of rotatable bonds is 8. The molecule has 0 unspecified atom stereocenters. The van der Waals surface area contributed by atoms with Crippen LogP contribution in [0.2, 0.25) is 5.02 Å². The van der Waals surface area contributed by atoms with E-state index in [2.05, 4.69) is 30.5 Å². The molecule has 10 heteroatoms. The number of aromatic nitrogens is 5. The Kier molecular flexibility index (Phi) is 5.92. The van der Waals surface area contributed by atoms with E-state index in [4.69, 9.17) is 32.7 Å². The van der Waals surface area contributed by atoms with E-state index < -0.39 is 0 Å². The predicted molar refractivity (Wildman–Crippen MR) is 111 cm³/mol. The van der Waals surface area contributed by atoms with Gasteiger partial charge in [-0.15, -0.1) is 16.7 Å². The highest BCUT2D eigenvalue weighted by atomic mass is 35.5. The van der Waals surface area contributed by atoms with Gasteiger partial charge in [-0.3, -0.25) is 10.1 Å². The number of hydrogen-bond acceptors (Lipinski definition) is 7. The van der Waals surface area contributed by atoms with Crippen LogP contribution < -0.4 is 14.8 Å². The van der Waals surface area contributed by atoms with Gasteiger partial charge in [0, 0.05) is 11.9 Å². The van der Waals surface area contributed by atoms with E-state index in [9.17, 15) is 0 Å². The normalized spacial score (nSPS) is 10.8. The lowest BCUT2D eigenvalue weighted by molar-refractivity contribution is 0.301. The number of fused-ring (bicyclic) bond motifs is 1. The topological polar surface area (TPSA) is 97.8 Å². The third-order valence-electron chi connectivity index (χ3n) is 3.94. The first-order chi connectivity index (χ1) is 14.2. The zero-order chi connectivity index (χ0) is 20.1. The number of alkyl halides is 1. The van der Waals surface area contributed by atoms with Crippen molar-refractivity contribution in [1.29, 1.82) is 0 Å². The van der Waals surface area contributed by atoms with Gasteiger partial charge in [0.05, 0.1) is 16.6 Å². The number of benzene rings is 1. The first kappa shape index (κ1) is 19.2. The summed E-state index contributed by atoms with van der Waals surface area (Å²) in [6.07, 6.45) is 3.15. The second kappa shape index (κ2) is 8.93. The van der Waals surface area contributed by atoms with Crippen molar-refractivity contribution in [2.75, 3.05) is 17.8 Å². The summed E-state index contributed by atoms with van der Waals surface area (Å²) in [4.78, 5) is 12.7. The average molecular weight is 431 g/mol. The highest BCUT2D eigenvalue weighted by Crippen LogP contribution is 2.33. The lowest BCUT2D eigenvalue weighted by atomic mass is 10.3. The second-order valence-electron chi connectivity index (χ2n) is 5.89. The number of aromatic amines is 1. The van der Waals surface area contributed by atoms with Crippen LogP contribution in [0.1, 0.15) is 5.69 Å². The maximum Gasteiger partial charge on any atom is 0.246 e. The molecule has 0 saturated heterocycles. The minimum Gasteiger partial charge on any atom is -0.486 e. The van der Waals surface area contributed by atoms with Gasteiger partial charge in [-0.25, -0.2) is 9.97 Å². The standard InChI is InChI=1S/C19H16Cl2N6O2/c20-6-8-28-19-16-17(23-11-24-18(16)26-27-19)25-12-4-5-15(14(21)9-12)29-10-13-3-1-2-7-22-13/h1-5,7,9,11H,6,8,10H2,(H2,23,24,25,26,27). The minimum absolute atomic E-state index is 0.323. The Labute approximate surface area is 176 Å². The third-order valence-corrected chi connectivity index (χ3v) is 4.39. The lowest BCUT2D eigenvalue weighted by Crippen LogP contribution is -2.01. The smallest absolute Gasteiger partial charge is 0.246 e. The molecule has 3 heterocycles. The van der Waals surface area contributed by atoms with E-state index in [-0.39, 0.29) is 0 Å². The molecular formula is C19H16Cl2N6O2. The molecule has 2 N–H and O–H groups in total. The van der Waals surface area contributed by atoms with E-state index in [1.165, 1.54) is 6.33 Å². The summed E-state index contributed by atoms with van der Waals surface area (Å²) in [6, 6.07) is 11.0. The zero-order valence-electron chi connectivity index (χ0n) is 15.1. The van der Waals surface area contributed by atoms with Crippen LogP contribution in [-0.2, 0) is 6.61 Å². The highest BCUT2D eigenvalue weighted by Gasteiger charge is 2.15. The molecule has 0 amide bonds. The van der Waals surface area contributed by atoms with Crippen LogP contribution in [0.15, 0.2) is 48.9 Å². The number of hydrogen-bond donors (Lipinski definition) is 2. The van der Waals surface area contributed by atoms with Crippen LogP contribution in [-0.4, -0.2) is 37.6 Å². The minimum atomic E-state index is 0.323. The molecular weight excluding hydrogens is 415 g/mol. The fourth-order valence-corrected chi connectivity index (χ4v) is 2.95. The van der Waals surface area contributed by atoms with Crippen LogP contribution in [0.4, 0.5) is 11.5 Å². The van der Waals surface area contributed by atoms with Gasteiger partial charge < -0.3 is 14.8 Å². The van der Waals surface area contributed by atoms with Gasteiger partial charge >= 0.3 is 0 Å². The molecule has 0 aliphatic rings. The van der Waals surface area contributed by atoms with Gasteiger partial charge in [-0.05, 0) is 30.3 Å². The van der Waals surface area contributed by atoms with Crippen molar-refractivity contribution in [3.05, 3.63) is 59.6 Å². The van der Waals surface area contributed by atoms with E-state index in [0.717, 1.165) is 11.4 Å². The summed E-state index contributed by atoms with van der Waals surface area (Å²) in [5, 5.41) is 11.2. The van der Waals surface area contributed by atoms with Crippen LogP contribution >= 0.6 is 23.2 Å². The van der Waals surface area contributed by atoms with Crippen molar-refractivity contribution in [3.8, 4) is 11.6 Å². The highest BCUT2D eigenvalue weighted by molar-refractivity contribution is 6.32. The Hall–Kier alpha value is -3.10. The fourth-order valence-electron chi connectivity index (χ4n) is 2.63. The molecule has 0 bridgehead atoms. The van der Waals surface area contributed by atoms with Crippen LogP contribution in [0, 0.1) is 0 Å². The summed E-state index contributed by atoms with van der Waals surface area (Å²) in [5.41, 5.74) is 2.09. The van der Waals surface area contributed by atoms with Crippen molar-refractivity contribution in [2.24, 2.45) is 0 Å². The van der Waals surface area contributed by atoms with Crippen molar-refractivity contribution in [2.45, 2.75) is 6.61 Å². The summed E-state index contributed by atoms with van der Waals surface area (Å²) in [5.74, 6) is 1.82. The number of nitrogens with one attached hydrogen (secondary N) is 2. The van der Waals surface area contributed by atoms with Crippen molar-refractivity contribution in [3.63, 3.8) is 0 Å². The molecule has 1 aromatic carbocycles. The van der Waals surface area contributed by atoms with Crippen molar-refractivity contribution >= 4 is 45.7 Å². The third kappa shape index (κ3) is 4.49. The SMILES string of the molecule is ClCCOc1n[nH]c2ncnc(Nc3ccc(OCc4ccccn4)c(Cl)c3)c12. The van der Waals surface area contributed by atoms with Gasteiger partial charge in [0.25, 0.3) is 0 Å². The monoisotopic (exact) mass is 430 g/mol. The number of halogens is 2. The maximum absolute atomic E-state index is 6.38. The van der Waals surface area contributed by atoms with E-state index in [1.54, 1.807) is 18.3 Å². The largest absolute Gasteiger partial charge is 0.486 e. The molecule has 0 fully saturated rings. The Morgan fingerprint density at radius 1 is 1.07 bits per heavy atom. The van der Waals surface area contributed by atoms with Crippen molar-refractivity contribution in [1.82, 2.24) is 25.1 Å². The van der Waals surface area contributed by atoms with Gasteiger partial charge in [0.2, 0.25) is 5.88 Å². The molecule has 0 radical (unpaired) electrons. The maximum atomic E-state index is 6.38. The Morgan fingerprint density at radius 2 is 2.00 bits per heavy atom. The summed E-state index contributed by atoms with van der Waals surface area (Å²) in [7, 11) is 0. The molecule has 4 aromatic rings. The molecule has 0 saturated carbocycles. The first-order valence-corrected chi connectivity index (χ1v) is 9.63. The number of H-pyrrole nitrogens is 1. The molecule has 4 rings (SSSR count). The molecule has 8 nitrogen and oxygen atoms in total. The van der Waals surface area contributed by atoms with E-state index >= 15 is 0 Å². The van der Waals surface area contributed by atoms with Gasteiger partial charge in [-0.1, -0.05) is 17.7 Å². The first-order valence-electron chi connectivity index (χ1n) is 8.71. The average Bonchev–Trinajstić information content (AvgIpc) is 3.16. The number of ether oxygens (including phenoxy) is 2. The zero-order valence-corrected chi connectivity index (χ0v) is 16.6. The Morgan fingerprint density at radius 3 is 2.79 bits per heavy atom. The summed E-state index contributed by atoms with van der Waals surface area (Å²) in [6.45, 7) is 0.653. The molecule has 0 aliphatic carbocycles. The quantitative estimate of drug-likeness (QED) is 0.401. The van der Waals surface area contributed by atoms with Crippen LogP contribution in [0.3, 0.4) is 0 Å². The molecule has 0 atom stereocenters. The van der Waals surface area contributed by atoms with E-state index in [0.29, 0.717) is 52.6 Å². The van der Waals surface area contributed by atoms with Crippen LogP contribution in [0.5, 0.6) is 11.6 Å². The Balaban J connectivity index is 1.52. The predicted octanol–water partition coefficient (Wildman–Crippen LogP) is 4.34. The molecule has 0 aliphatic heterocycles. The Bertz CT molecular complexity index is 1110. The summed E-state index contributed by atoms with van der Waals surface area (Å²) < 4.78 is 11.3. The molecule has 29 heavy (non-hydrogen) atoms. The summed E-state index contributed by atoms with van der Waals surface area (Å²) >= 11 is 12.1. The molecule has 148 valence electrons. The molecule has 0 spiro atoms. The van der Waals surface area contributed by atoms with Gasteiger partial charge in [0.1, 0.15) is 36.5 Å². The van der Waals surface area contributed by atoms with E-state index in [1.807, 2.05) is 24.3 Å². The van der Waals surface area contributed by atoms with Gasteiger partial charge in [0.15, 0.2) is 5.65 Å². The molecule has 3 aromatic heterocycles.